The number of nitrogens with one attached hydrogen (secondary N) is 2. The van der Waals surface area contributed by atoms with E-state index in [9.17, 15) is 14.4 Å². The van der Waals surface area contributed by atoms with Crippen LogP contribution in [-0.2, 0) is 6.54 Å². The van der Waals surface area contributed by atoms with Gasteiger partial charge in [0.25, 0.3) is 11.5 Å². The van der Waals surface area contributed by atoms with E-state index in [4.69, 9.17) is 9.47 Å². The number of ether oxygens (including phenoxy) is 2. The van der Waals surface area contributed by atoms with Gasteiger partial charge in [-0.1, -0.05) is 31.4 Å². The Bertz CT molecular complexity index is 1270. The van der Waals surface area contributed by atoms with Crippen molar-refractivity contribution in [1.29, 1.82) is 0 Å². The van der Waals surface area contributed by atoms with Gasteiger partial charge in [-0.05, 0) is 50.5 Å². The molecule has 0 unspecified atom stereocenters. The van der Waals surface area contributed by atoms with Crippen LogP contribution in [0.1, 0.15) is 61.9 Å². The molecule has 2 N–H and O–H groups in total. The standard InChI is InChI=1S/C26H31N3O5/c1-3-33-22-14-20-21(15-23(22)34-4-2)28-26(32)29(25(20)31)16-17-10-12-18(13-11-17)24(30)27-19-8-6-5-7-9-19/h10-15,19H,3-9,16H2,1-2H3,(H,27,30)(H,28,32). The summed E-state index contributed by atoms with van der Waals surface area (Å²) >= 11 is 0. The Morgan fingerprint density at radius 2 is 1.65 bits per heavy atom. The maximum Gasteiger partial charge on any atom is 0.329 e. The zero-order valence-electron chi connectivity index (χ0n) is 19.7. The Kier molecular flexibility index (Phi) is 7.35. The fraction of sp³-hybridized carbons (Fsp3) is 0.423. The van der Waals surface area contributed by atoms with E-state index < -0.39 is 11.2 Å². The minimum absolute atomic E-state index is 0.0891. The normalized spacial score (nSPS) is 14.2. The van der Waals surface area contributed by atoms with Crippen molar-refractivity contribution >= 4 is 16.8 Å². The number of fused-ring (bicyclic) bond motifs is 1. The zero-order chi connectivity index (χ0) is 24.1. The maximum absolute atomic E-state index is 13.2. The molecule has 1 aromatic heterocycles. The molecule has 1 aliphatic rings. The van der Waals surface area contributed by atoms with Gasteiger partial charge in [0.05, 0.1) is 30.7 Å². The zero-order valence-corrected chi connectivity index (χ0v) is 19.7. The molecule has 0 saturated heterocycles. The van der Waals surface area contributed by atoms with E-state index in [0.717, 1.165) is 35.8 Å². The number of hydrogen-bond acceptors (Lipinski definition) is 5. The molecule has 0 radical (unpaired) electrons. The Hall–Kier alpha value is -3.55. The third-order valence-electron chi connectivity index (χ3n) is 6.14. The van der Waals surface area contributed by atoms with Gasteiger partial charge in [0.15, 0.2) is 11.5 Å². The second-order valence-corrected chi connectivity index (χ2v) is 8.54. The van der Waals surface area contributed by atoms with Crippen LogP contribution in [0.15, 0.2) is 46.0 Å². The fourth-order valence-corrected chi connectivity index (χ4v) is 4.40. The minimum atomic E-state index is -0.511. The number of benzene rings is 2. The maximum atomic E-state index is 13.2. The largest absolute Gasteiger partial charge is 0.490 e. The fourth-order valence-electron chi connectivity index (χ4n) is 4.40. The lowest BCUT2D eigenvalue weighted by Crippen LogP contribution is -2.36. The first-order valence-electron chi connectivity index (χ1n) is 12.0. The molecule has 0 atom stereocenters. The molecule has 0 bridgehead atoms. The lowest BCUT2D eigenvalue weighted by Gasteiger charge is -2.22. The van der Waals surface area contributed by atoms with Crippen molar-refractivity contribution in [3.8, 4) is 11.5 Å². The summed E-state index contributed by atoms with van der Waals surface area (Å²) in [5.74, 6) is 0.848. The Labute approximate surface area is 197 Å². The summed E-state index contributed by atoms with van der Waals surface area (Å²) in [6.45, 7) is 4.65. The first-order chi connectivity index (χ1) is 16.5. The number of carbonyl (C=O) groups is 1. The van der Waals surface area contributed by atoms with Crippen LogP contribution < -0.4 is 26.0 Å². The third kappa shape index (κ3) is 5.16. The summed E-state index contributed by atoms with van der Waals surface area (Å²) in [4.78, 5) is 41.2. The predicted octanol–water partition coefficient (Wildman–Crippen LogP) is 3.60. The summed E-state index contributed by atoms with van der Waals surface area (Å²) in [6, 6.07) is 10.5. The van der Waals surface area contributed by atoms with Crippen molar-refractivity contribution in [1.82, 2.24) is 14.9 Å². The molecule has 0 aliphatic heterocycles. The quantitative estimate of drug-likeness (QED) is 0.529. The van der Waals surface area contributed by atoms with E-state index in [1.54, 1.807) is 36.4 Å². The monoisotopic (exact) mass is 465 g/mol. The Morgan fingerprint density at radius 1 is 1.00 bits per heavy atom. The number of nitrogens with zero attached hydrogens (tertiary/aromatic N) is 1. The van der Waals surface area contributed by atoms with Crippen molar-refractivity contribution in [2.75, 3.05) is 13.2 Å². The molecule has 1 saturated carbocycles. The summed E-state index contributed by atoms with van der Waals surface area (Å²) in [6.07, 6.45) is 5.58. The van der Waals surface area contributed by atoms with E-state index in [1.165, 1.54) is 6.42 Å². The van der Waals surface area contributed by atoms with Gasteiger partial charge in [-0.25, -0.2) is 4.79 Å². The van der Waals surface area contributed by atoms with Crippen molar-refractivity contribution in [2.45, 2.75) is 58.5 Å². The molecule has 34 heavy (non-hydrogen) atoms. The summed E-state index contributed by atoms with van der Waals surface area (Å²) in [7, 11) is 0. The molecule has 1 heterocycles. The van der Waals surface area contributed by atoms with Crippen LogP contribution in [0, 0.1) is 0 Å². The highest BCUT2D eigenvalue weighted by Gasteiger charge is 2.17. The molecular weight excluding hydrogens is 434 g/mol. The number of carbonyl (C=O) groups excluding carboxylic acids is 1. The SMILES string of the molecule is CCOc1cc2[nH]c(=O)n(Cc3ccc(C(=O)NC4CCCCC4)cc3)c(=O)c2cc1OCC. The second kappa shape index (κ2) is 10.6. The summed E-state index contributed by atoms with van der Waals surface area (Å²) in [5.41, 5.74) is 0.786. The molecule has 1 fully saturated rings. The molecule has 8 nitrogen and oxygen atoms in total. The first-order valence-corrected chi connectivity index (χ1v) is 12.0. The third-order valence-corrected chi connectivity index (χ3v) is 6.14. The smallest absolute Gasteiger partial charge is 0.329 e. The van der Waals surface area contributed by atoms with Gasteiger partial charge < -0.3 is 19.8 Å². The van der Waals surface area contributed by atoms with Crippen molar-refractivity contribution < 1.29 is 14.3 Å². The average molecular weight is 466 g/mol. The molecule has 3 aromatic rings. The summed E-state index contributed by atoms with van der Waals surface area (Å²) < 4.78 is 12.4. The highest BCUT2D eigenvalue weighted by atomic mass is 16.5. The molecule has 8 heteroatoms. The van der Waals surface area contributed by atoms with Crippen LogP contribution in [0.2, 0.25) is 0 Å². The van der Waals surface area contributed by atoms with E-state index in [-0.39, 0.29) is 18.5 Å². The lowest BCUT2D eigenvalue weighted by atomic mass is 9.95. The van der Waals surface area contributed by atoms with Gasteiger partial charge in [-0.2, -0.15) is 0 Å². The predicted molar refractivity (Wildman–Crippen MR) is 131 cm³/mol. The van der Waals surface area contributed by atoms with Gasteiger partial charge in [0, 0.05) is 17.7 Å². The number of aromatic nitrogens is 2. The topological polar surface area (TPSA) is 102 Å². The number of hydrogen-bond donors (Lipinski definition) is 2. The number of aromatic amines is 1. The molecule has 180 valence electrons. The number of amides is 1. The van der Waals surface area contributed by atoms with Crippen molar-refractivity contribution in [3.05, 3.63) is 68.4 Å². The van der Waals surface area contributed by atoms with Crippen LogP contribution in [-0.4, -0.2) is 34.7 Å². The molecule has 1 aliphatic carbocycles. The van der Waals surface area contributed by atoms with Crippen molar-refractivity contribution in [2.24, 2.45) is 0 Å². The van der Waals surface area contributed by atoms with Crippen LogP contribution >= 0.6 is 0 Å². The highest BCUT2D eigenvalue weighted by molar-refractivity contribution is 5.94. The van der Waals surface area contributed by atoms with Crippen LogP contribution in [0.25, 0.3) is 10.9 Å². The van der Waals surface area contributed by atoms with Gasteiger partial charge in [0.2, 0.25) is 0 Å². The van der Waals surface area contributed by atoms with E-state index in [0.29, 0.717) is 41.2 Å². The summed E-state index contributed by atoms with van der Waals surface area (Å²) in [5, 5.41) is 3.44. The average Bonchev–Trinajstić information content (AvgIpc) is 2.84. The number of rotatable bonds is 8. The molecule has 4 rings (SSSR count). The number of H-pyrrole nitrogens is 1. The first kappa shape index (κ1) is 23.6. The van der Waals surface area contributed by atoms with E-state index >= 15 is 0 Å². The Morgan fingerprint density at radius 3 is 2.29 bits per heavy atom. The van der Waals surface area contributed by atoms with Crippen molar-refractivity contribution in [3.63, 3.8) is 0 Å². The molecule has 2 aromatic carbocycles. The highest BCUT2D eigenvalue weighted by Crippen LogP contribution is 2.30. The second-order valence-electron chi connectivity index (χ2n) is 8.54. The van der Waals surface area contributed by atoms with Gasteiger partial charge in [0.1, 0.15) is 0 Å². The van der Waals surface area contributed by atoms with Gasteiger partial charge in [-0.3, -0.25) is 14.2 Å². The van der Waals surface area contributed by atoms with E-state index in [1.807, 2.05) is 13.8 Å². The molecule has 1 amide bonds. The Balaban J connectivity index is 1.57. The van der Waals surface area contributed by atoms with Gasteiger partial charge >= 0.3 is 5.69 Å². The van der Waals surface area contributed by atoms with Crippen LogP contribution in [0.3, 0.4) is 0 Å². The van der Waals surface area contributed by atoms with Gasteiger partial charge in [-0.15, -0.1) is 0 Å². The van der Waals surface area contributed by atoms with E-state index in [2.05, 4.69) is 10.3 Å². The van der Waals surface area contributed by atoms with Crippen LogP contribution in [0.4, 0.5) is 0 Å². The minimum Gasteiger partial charge on any atom is -0.490 e. The molecule has 0 spiro atoms. The lowest BCUT2D eigenvalue weighted by molar-refractivity contribution is 0.0927. The van der Waals surface area contributed by atoms with Crippen LogP contribution in [0.5, 0.6) is 11.5 Å². The molecular formula is C26H31N3O5.